The smallest absolute Gasteiger partial charge is 0.266 e. The van der Waals surface area contributed by atoms with Crippen LogP contribution in [0.3, 0.4) is 0 Å². The average Bonchev–Trinajstić information content (AvgIpc) is 3.15. The first-order valence-corrected chi connectivity index (χ1v) is 12.2. The zero-order valence-corrected chi connectivity index (χ0v) is 19.2. The summed E-state index contributed by atoms with van der Waals surface area (Å²) in [6, 6.07) is 33.2. The molecule has 170 valence electrons. The summed E-state index contributed by atoms with van der Waals surface area (Å²) in [6.07, 6.45) is 7.97. The Morgan fingerprint density at radius 3 is 2.06 bits per heavy atom. The maximum Gasteiger partial charge on any atom is 0.289 e. The summed E-state index contributed by atoms with van der Waals surface area (Å²) in [6.45, 7) is 0. The van der Waals surface area contributed by atoms with Crippen molar-refractivity contribution in [2.45, 2.75) is 17.3 Å². The first-order chi connectivity index (χ1) is 17.3. The van der Waals surface area contributed by atoms with Gasteiger partial charge in [-0.1, -0.05) is 97.1 Å². The predicted molar refractivity (Wildman–Crippen MR) is 138 cm³/mol. The quantitative estimate of drug-likeness (QED) is 0.240. The van der Waals surface area contributed by atoms with Crippen LogP contribution in [0.15, 0.2) is 114 Å². The Balaban J connectivity index is 1.24. The van der Waals surface area contributed by atoms with Crippen LogP contribution in [0.1, 0.15) is 28.0 Å². The molecule has 2 saturated carbocycles. The number of carbonyl (C=O) groups excluding carboxylic acids is 1. The minimum atomic E-state index is -0.290. The lowest BCUT2D eigenvalue weighted by Gasteiger charge is -2.27. The van der Waals surface area contributed by atoms with Gasteiger partial charge in [0.05, 0.1) is 5.52 Å². The van der Waals surface area contributed by atoms with E-state index in [0.717, 1.165) is 10.9 Å². The van der Waals surface area contributed by atoms with Gasteiger partial charge >= 0.3 is 0 Å². The van der Waals surface area contributed by atoms with Crippen molar-refractivity contribution < 1.29 is 4.79 Å². The van der Waals surface area contributed by atoms with Gasteiger partial charge in [-0.05, 0) is 41.5 Å². The fourth-order valence-electron chi connectivity index (χ4n) is 7.35. The number of fused-ring (bicyclic) bond motifs is 6. The van der Waals surface area contributed by atoms with E-state index >= 15 is 0 Å². The molecule has 0 radical (unpaired) electrons. The van der Waals surface area contributed by atoms with Gasteiger partial charge in [-0.15, -0.1) is 0 Å². The SMILES string of the molecule is O=C(N/N=C/C1[C@]2(c3ccccc3)[C@H]3C=C[C@@H](C3)[C@@]12c1ccccc1)c1ccc2ccccc2n1. The molecule has 2 fully saturated rings. The molecule has 4 nitrogen and oxygen atoms in total. The van der Waals surface area contributed by atoms with Crippen molar-refractivity contribution in [1.82, 2.24) is 10.4 Å². The minimum absolute atomic E-state index is 0.0372. The molecular weight excluding hydrogens is 430 g/mol. The number of hydrogen-bond donors (Lipinski definition) is 1. The molecule has 7 rings (SSSR count). The molecular formula is C31H25N3O. The normalized spacial score (nSPS) is 30.0. The van der Waals surface area contributed by atoms with Gasteiger partial charge < -0.3 is 0 Å². The Bertz CT molecular complexity index is 1430. The summed E-state index contributed by atoms with van der Waals surface area (Å²) < 4.78 is 0. The van der Waals surface area contributed by atoms with Crippen LogP contribution in [-0.2, 0) is 10.8 Å². The van der Waals surface area contributed by atoms with Gasteiger partial charge in [-0.3, -0.25) is 4.79 Å². The number of benzene rings is 3. The van der Waals surface area contributed by atoms with Gasteiger partial charge in [0.2, 0.25) is 0 Å². The highest BCUT2D eigenvalue weighted by molar-refractivity contribution is 5.95. The Morgan fingerprint density at radius 2 is 1.40 bits per heavy atom. The average molecular weight is 456 g/mol. The largest absolute Gasteiger partial charge is 0.289 e. The summed E-state index contributed by atoms with van der Waals surface area (Å²) >= 11 is 0. The molecule has 1 aromatic heterocycles. The molecule has 4 atom stereocenters. The number of hydrogen-bond acceptors (Lipinski definition) is 3. The van der Waals surface area contributed by atoms with Gasteiger partial charge in [-0.25, -0.2) is 10.4 Å². The highest BCUT2D eigenvalue weighted by Gasteiger charge is 2.85. The molecule has 0 spiro atoms. The van der Waals surface area contributed by atoms with Crippen molar-refractivity contribution in [3.05, 3.63) is 126 Å². The minimum Gasteiger partial charge on any atom is -0.266 e. The number of nitrogens with one attached hydrogen (secondary N) is 1. The van der Waals surface area contributed by atoms with Crippen LogP contribution in [0.5, 0.6) is 0 Å². The maximum atomic E-state index is 12.9. The van der Waals surface area contributed by atoms with Gasteiger partial charge in [-0.2, -0.15) is 5.10 Å². The Hall–Kier alpha value is -4.05. The second kappa shape index (κ2) is 7.47. The molecule has 4 heteroatoms. The van der Waals surface area contributed by atoms with Crippen LogP contribution >= 0.6 is 0 Å². The molecule has 1 heterocycles. The second-order valence-corrected chi connectivity index (χ2v) is 9.89. The Labute approximate surface area is 204 Å². The fraction of sp³-hybridized carbons (Fsp3) is 0.194. The van der Waals surface area contributed by atoms with E-state index in [4.69, 9.17) is 0 Å². The lowest BCUT2D eigenvalue weighted by atomic mass is 9.75. The zero-order chi connectivity index (χ0) is 23.5. The van der Waals surface area contributed by atoms with Gasteiger partial charge in [0.15, 0.2) is 0 Å². The van der Waals surface area contributed by atoms with E-state index in [0.29, 0.717) is 17.5 Å². The van der Waals surface area contributed by atoms with Gasteiger partial charge in [0.1, 0.15) is 5.69 Å². The molecule has 2 bridgehead atoms. The van der Waals surface area contributed by atoms with E-state index in [1.165, 1.54) is 17.5 Å². The monoisotopic (exact) mass is 455 g/mol. The third-order valence-corrected chi connectivity index (χ3v) is 8.56. The number of hydrazone groups is 1. The summed E-state index contributed by atoms with van der Waals surface area (Å²) in [7, 11) is 0. The van der Waals surface area contributed by atoms with E-state index in [2.05, 4.69) is 88.3 Å². The second-order valence-electron chi connectivity index (χ2n) is 9.89. The van der Waals surface area contributed by atoms with E-state index in [9.17, 15) is 4.79 Å². The summed E-state index contributed by atoms with van der Waals surface area (Å²) in [5.74, 6) is 0.832. The van der Waals surface area contributed by atoms with Crippen molar-refractivity contribution in [2.24, 2.45) is 22.9 Å². The topological polar surface area (TPSA) is 54.4 Å². The maximum absolute atomic E-state index is 12.9. The molecule has 3 aliphatic carbocycles. The van der Waals surface area contributed by atoms with Crippen molar-refractivity contribution in [2.75, 3.05) is 0 Å². The number of amides is 1. The van der Waals surface area contributed by atoms with Crippen molar-refractivity contribution in [3.63, 3.8) is 0 Å². The lowest BCUT2D eigenvalue weighted by Crippen LogP contribution is -2.26. The first-order valence-electron chi connectivity index (χ1n) is 12.2. The van der Waals surface area contributed by atoms with Crippen LogP contribution in [0, 0.1) is 17.8 Å². The molecule has 0 aliphatic heterocycles. The molecule has 0 unspecified atom stereocenters. The van der Waals surface area contributed by atoms with Crippen LogP contribution in [0.2, 0.25) is 0 Å². The van der Waals surface area contributed by atoms with Crippen LogP contribution in [0.4, 0.5) is 0 Å². The first kappa shape index (κ1) is 20.3. The number of aromatic nitrogens is 1. The highest BCUT2D eigenvalue weighted by Crippen LogP contribution is 2.83. The molecule has 0 saturated heterocycles. The predicted octanol–water partition coefficient (Wildman–Crippen LogP) is 5.66. The van der Waals surface area contributed by atoms with E-state index in [1.54, 1.807) is 6.07 Å². The number of rotatable bonds is 5. The molecule has 3 aliphatic rings. The fourth-order valence-corrected chi connectivity index (χ4v) is 7.35. The lowest BCUT2D eigenvalue weighted by molar-refractivity contribution is 0.0950. The highest BCUT2D eigenvalue weighted by atomic mass is 16.2. The summed E-state index contributed by atoms with van der Waals surface area (Å²) in [5, 5.41) is 5.53. The van der Waals surface area contributed by atoms with Crippen LogP contribution in [-0.4, -0.2) is 17.1 Å². The molecule has 4 aromatic rings. The molecule has 1 amide bonds. The van der Waals surface area contributed by atoms with Crippen molar-refractivity contribution in [3.8, 4) is 0 Å². The van der Waals surface area contributed by atoms with Gasteiger partial charge in [0, 0.05) is 28.3 Å². The van der Waals surface area contributed by atoms with E-state index in [1.807, 2.05) is 36.5 Å². The van der Waals surface area contributed by atoms with Gasteiger partial charge in [0.25, 0.3) is 5.91 Å². The molecule has 3 aromatic carbocycles. The third kappa shape index (κ3) is 2.65. The van der Waals surface area contributed by atoms with Crippen molar-refractivity contribution >= 4 is 23.0 Å². The number of allylic oxidation sites excluding steroid dienone is 2. The Kier molecular flexibility index (Phi) is 4.34. The number of carbonyl (C=O) groups is 1. The summed E-state index contributed by atoms with van der Waals surface area (Å²) in [4.78, 5) is 17.4. The third-order valence-electron chi connectivity index (χ3n) is 8.56. The summed E-state index contributed by atoms with van der Waals surface area (Å²) in [5.41, 5.74) is 6.58. The number of pyridine rings is 1. The van der Waals surface area contributed by atoms with Crippen molar-refractivity contribution in [1.29, 1.82) is 0 Å². The standard InChI is InChI=1S/C31H25N3O/c35-29(27-18-15-21-9-7-8-14-26(21)33-27)34-32-20-28-30(22-10-3-1-4-11-22)24-16-17-25(19-24)31(28,30)23-12-5-2-6-13-23/h1-18,20,24-25,28H,19H2,(H,34,35)/b32-20+/t24-,25-,30-,31-/m0/s1. The molecule has 1 N–H and O–H groups in total. The van der Waals surface area contributed by atoms with E-state index in [-0.39, 0.29) is 22.7 Å². The number of para-hydroxylation sites is 1. The Morgan fingerprint density at radius 1 is 0.800 bits per heavy atom. The molecule has 35 heavy (non-hydrogen) atoms. The van der Waals surface area contributed by atoms with Crippen LogP contribution < -0.4 is 5.43 Å². The van der Waals surface area contributed by atoms with E-state index < -0.39 is 0 Å². The zero-order valence-electron chi connectivity index (χ0n) is 19.2. The number of nitrogens with zero attached hydrogens (tertiary/aromatic N) is 2. The van der Waals surface area contributed by atoms with Crippen LogP contribution in [0.25, 0.3) is 10.9 Å².